The van der Waals surface area contributed by atoms with Crippen molar-refractivity contribution in [1.82, 2.24) is 9.38 Å². The van der Waals surface area contributed by atoms with E-state index in [2.05, 4.69) is 15.2 Å². The van der Waals surface area contributed by atoms with Gasteiger partial charge < -0.3 is 20.9 Å². The fraction of sp³-hybridized carbons (Fsp3) is 0.462. The van der Waals surface area contributed by atoms with Crippen molar-refractivity contribution in [2.75, 3.05) is 47.0 Å². The van der Waals surface area contributed by atoms with Gasteiger partial charge in [0.1, 0.15) is 11.5 Å². The van der Waals surface area contributed by atoms with Crippen LogP contribution in [0.3, 0.4) is 0 Å². The number of alkyl halides is 2. The van der Waals surface area contributed by atoms with Crippen LogP contribution in [0.15, 0.2) is 42.7 Å². The first-order valence-electron chi connectivity index (χ1n) is 12.4. The van der Waals surface area contributed by atoms with Crippen LogP contribution in [-0.4, -0.2) is 47.4 Å². The summed E-state index contributed by atoms with van der Waals surface area (Å²) >= 11 is 0. The monoisotopic (exact) mass is 480 g/mol. The fourth-order valence-corrected chi connectivity index (χ4v) is 5.48. The largest absolute Gasteiger partial charge is 0.399 e. The van der Waals surface area contributed by atoms with Gasteiger partial charge in [-0.1, -0.05) is 0 Å². The lowest BCUT2D eigenvalue weighted by atomic mass is 9.93. The molecule has 1 aliphatic carbocycles. The Balaban J connectivity index is 1.27. The Morgan fingerprint density at radius 2 is 1.66 bits per heavy atom. The minimum absolute atomic E-state index is 0.189. The average molecular weight is 481 g/mol. The first kappa shape index (κ1) is 22.1. The zero-order valence-corrected chi connectivity index (χ0v) is 19.6. The summed E-state index contributed by atoms with van der Waals surface area (Å²) in [6, 6.07) is 9.06. The molecule has 0 bridgehead atoms. The van der Waals surface area contributed by atoms with Gasteiger partial charge in [0.2, 0.25) is 0 Å². The van der Waals surface area contributed by atoms with E-state index in [4.69, 9.17) is 5.73 Å². The number of pyridine rings is 1. The van der Waals surface area contributed by atoms with Crippen molar-refractivity contribution in [3.8, 4) is 0 Å². The topological polar surface area (TPSA) is 78.9 Å². The Morgan fingerprint density at radius 3 is 2.37 bits per heavy atom. The van der Waals surface area contributed by atoms with E-state index in [1.807, 2.05) is 27.6 Å². The van der Waals surface area contributed by atoms with Gasteiger partial charge in [-0.3, -0.25) is 9.20 Å². The Hall–Kier alpha value is -3.36. The maximum atomic E-state index is 13.7. The van der Waals surface area contributed by atoms with Gasteiger partial charge in [-0.15, -0.1) is 0 Å². The number of amides is 1. The van der Waals surface area contributed by atoms with E-state index < -0.39 is 5.92 Å². The number of anilines is 4. The number of fused-ring (bicyclic) bond motifs is 1. The van der Waals surface area contributed by atoms with Crippen LogP contribution in [-0.2, 0) is 0 Å². The molecule has 1 aromatic carbocycles. The minimum atomic E-state index is -2.63. The number of benzene rings is 1. The Morgan fingerprint density at radius 1 is 0.943 bits per heavy atom. The molecule has 3 N–H and O–H groups in total. The third-order valence-electron chi connectivity index (χ3n) is 7.95. The maximum Gasteiger partial charge on any atom is 0.257 e. The zero-order valence-electron chi connectivity index (χ0n) is 19.6. The average Bonchev–Trinajstić information content (AvgIpc) is 3.41. The zero-order chi connectivity index (χ0) is 24.2. The van der Waals surface area contributed by atoms with Gasteiger partial charge in [0, 0.05) is 74.9 Å². The Labute approximate surface area is 202 Å². The van der Waals surface area contributed by atoms with Crippen LogP contribution in [0.1, 0.15) is 48.9 Å². The molecular weight excluding hydrogens is 450 g/mol. The summed E-state index contributed by atoms with van der Waals surface area (Å²) in [5.41, 5.74) is 9.93. The van der Waals surface area contributed by atoms with E-state index in [1.165, 1.54) is 12.8 Å². The summed E-state index contributed by atoms with van der Waals surface area (Å²) in [6.45, 7) is 2.34. The molecule has 2 aromatic heterocycles. The van der Waals surface area contributed by atoms with Crippen LogP contribution in [0.4, 0.5) is 31.7 Å². The quantitative estimate of drug-likeness (QED) is 0.525. The van der Waals surface area contributed by atoms with Crippen LogP contribution < -0.4 is 20.9 Å². The van der Waals surface area contributed by atoms with Crippen molar-refractivity contribution in [3.05, 3.63) is 48.3 Å². The van der Waals surface area contributed by atoms with E-state index in [9.17, 15) is 13.6 Å². The molecular formula is C26H30F2N6O. The van der Waals surface area contributed by atoms with Crippen molar-refractivity contribution in [1.29, 1.82) is 0 Å². The van der Waals surface area contributed by atoms with Crippen LogP contribution in [0.2, 0.25) is 0 Å². The molecule has 0 atom stereocenters. The number of aromatic nitrogens is 2. The molecule has 1 amide bonds. The van der Waals surface area contributed by atoms with E-state index in [1.54, 1.807) is 24.4 Å². The second kappa shape index (κ2) is 8.10. The predicted octanol–water partition coefficient (Wildman–Crippen LogP) is 4.78. The molecule has 1 spiro atoms. The third kappa shape index (κ3) is 4.28. The lowest BCUT2D eigenvalue weighted by molar-refractivity contribution is -0.0221. The predicted molar refractivity (Wildman–Crippen MR) is 134 cm³/mol. The second-order valence-electron chi connectivity index (χ2n) is 10.3. The molecule has 3 aliphatic rings. The molecule has 3 aromatic rings. The highest BCUT2D eigenvalue weighted by molar-refractivity contribution is 6.09. The first-order chi connectivity index (χ1) is 16.8. The highest BCUT2D eigenvalue weighted by Crippen LogP contribution is 2.54. The van der Waals surface area contributed by atoms with E-state index in [-0.39, 0.29) is 31.8 Å². The minimum Gasteiger partial charge on any atom is -0.399 e. The molecule has 1 saturated carbocycles. The van der Waals surface area contributed by atoms with Crippen molar-refractivity contribution >= 4 is 34.4 Å². The van der Waals surface area contributed by atoms with Crippen LogP contribution in [0.25, 0.3) is 5.65 Å². The number of nitrogens with one attached hydrogen (secondary N) is 1. The lowest BCUT2D eigenvalue weighted by Gasteiger charge is -2.35. The number of piperidine rings is 2. The number of rotatable bonds is 4. The molecule has 6 rings (SSSR count). The van der Waals surface area contributed by atoms with Gasteiger partial charge in [-0.25, -0.2) is 13.8 Å². The van der Waals surface area contributed by atoms with E-state index in [0.29, 0.717) is 28.0 Å². The molecule has 0 radical (unpaired) electrons. The van der Waals surface area contributed by atoms with Crippen molar-refractivity contribution in [2.45, 2.75) is 44.4 Å². The fourth-order valence-electron chi connectivity index (χ4n) is 5.48. The van der Waals surface area contributed by atoms with Gasteiger partial charge in [0.25, 0.3) is 11.8 Å². The second-order valence-corrected chi connectivity index (χ2v) is 10.3. The van der Waals surface area contributed by atoms with Gasteiger partial charge in [0.05, 0.1) is 11.3 Å². The third-order valence-corrected chi connectivity index (χ3v) is 7.95. The number of halogens is 2. The van der Waals surface area contributed by atoms with Crippen LogP contribution >= 0.6 is 0 Å². The lowest BCUT2D eigenvalue weighted by Crippen LogP contribution is -2.40. The molecule has 35 heavy (non-hydrogen) atoms. The Bertz CT molecular complexity index is 1260. The van der Waals surface area contributed by atoms with Crippen molar-refractivity contribution in [2.24, 2.45) is 5.41 Å². The molecule has 3 fully saturated rings. The summed E-state index contributed by atoms with van der Waals surface area (Å²) in [4.78, 5) is 22.0. The summed E-state index contributed by atoms with van der Waals surface area (Å²) in [7, 11) is 0. The normalized spacial score (nSPS) is 20.9. The van der Waals surface area contributed by atoms with Gasteiger partial charge in [-0.05, 0) is 49.3 Å². The summed E-state index contributed by atoms with van der Waals surface area (Å²) < 4.78 is 29.3. The highest BCUT2D eigenvalue weighted by Gasteiger charge is 2.44. The maximum absolute atomic E-state index is 13.7. The smallest absolute Gasteiger partial charge is 0.257 e. The molecule has 7 nitrogen and oxygen atoms in total. The summed E-state index contributed by atoms with van der Waals surface area (Å²) in [6.07, 6.45) is 8.04. The number of nitrogens with zero attached hydrogens (tertiary/aromatic N) is 4. The number of carbonyl (C=O) groups excluding carboxylic acids is 1. The first-order valence-corrected chi connectivity index (χ1v) is 12.4. The number of hydrogen-bond acceptors (Lipinski definition) is 5. The van der Waals surface area contributed by atoms with Gasteiger partial charge in [0.15, 0.2) is 0 Å². The molecule has 9 heteroatoms. The van der Waals surface area contributed by atoms with Gasteiger partial charge in [-0.2, -0.15) is 0 Å². The number of carbonyl (C=O) groups is 1. The number of imidazole rings is 1. The molecule has 4 heterocycles. The molecule has 2 aliphatic heterocycles. The summed E-state index contributed by atoms with van der Waals surface area (Å²) in [5.74, 6) is -2.11. The summed E-state index contributed by atoms with van der Waals surface area (Å²) in [5, 5.41) is 3.03. The highest BCUT2D eigenvalue weighted by atomic mass is 19.3. The van der Waals surface area contributed by atoms with E-state index >= 15 is 0 Å². The van der Waals surface area contributed by atoms with Crippen molar-refractivity contribution in [3.63, 3.8) is 0 Å². The van der Waals surface area contributed by atoms with Crippen LogP contribution in [0.5, 0.6) is 0 Å². The standard InChI is InChI=1S/C26H30F2N6O/c27-26(28)7-12-33(13-8-26)23-17-19(16-22-30-9-14-34(22)23)31-24(35)20-2-1-18(29)15-21(20)32-10-5-25(3-4-25)6-11-32/h1-2,9,14-17H,3-8,10-13,29H2,(H,31,35). The van der Waals surface area contributed by atoms with Gasteiger partial charge >= 0.3 is 0 Å². The molecule has 0 unspecified atom stereocenters. The van der Waals surface area contributed by atoms with Crippen molar-refractivity contribution < 1.29 is 13.6 Å². The SMILES string of the molecule is Nc1ccc(C(=O)Nc2cc(N3CCC(F)(F)CC3)n3ccnc3c2)c(N2CCC3(CC2)CC3)c1. The molecule has 2 saturated heterocycles. The van der Waals surface area contributed by atoms with E-state index in [0.717, 1.165) is 37.4 Å². The number of hydrogen-bond donors (Lipinski definition) is 2. The number of nitrogens with two attached hydrogens (primary N) is 1. The number of nitrogen functional groups attached to an aromatic ring is 1. The molecule has 184 valence electrons. The van der Waals surface area contributed by atoms with Crippen LogP contribution in [0, 0.1) is 5.41 Å². The Kier molecular flexibility index (Phi) is 5.12.